The molecule has 0 bridgehead atoms. The molecule has 0 saturated heterocycles. The average molecular weight is 284 g/mol. The third-order valence-electron chi connectivity index (χ3n) is 2.91. The number of anilines is 1. The molecule has 0 aliphatic rings. The highest BCUT2D eigenvalue weighted by Gasteiger charge is 2.20. The molecular weight excluding hydrogens is 269 g/mol. The van der Waals surface area contributed by atoms with Crippen LogP contribution in [0, 0.1) is 0 Å². The lowest BCUT2D eigenvalue weighted by Crippen LogP contribution is -2.00. The Labute approximate surface area is 117 Å². The maximum absolute atomic E-state index is 6.24. The van der Waals surface area contributed by atoms with Crippen LogP contribution in [0.2, 0.25) is 10.0 Å². The van der Waals surface area contributed by atoms with Gasteiger partial charge in [-0.3, -0.25) is 4.68 Å². The summed E-state index contributed by atoms with van der Waals surface area (Å²) >= 11 is 12.3. The summed E-state index contributed by atoms with van der Waals surface area (Å²) in [5, 5.41) is 5.49. The smallest absolute Gasteiger partial charge is 0.125 e. The number of nitrogen functional groups attached to an aromatic ring is 1. The lowest BCUT2D eigenvalue weighted by Gasteiger charge is -2.09. The van der Waals surface area contributed by atoms with Gasteiger partial charge < -0.3 is 5.73 Å². The fourth-order valence-corrected chi connectivity index (χ4v) is 2.40. The number of hydrogen-bond acceptors (Lipinski definition) is 2. The summed E-state index contributed by atoms with van der Waals surface area (Å²) in [6.45, 7) is 4.16. The summed E-state index contributed by atoms with van der Waals surface area (Å²) in [5.41, 5.74) is 8.68. The first-order chi connectivity index (χ1) is 8.43. The molecule has 96 valence electrons. The molecule has 18 heavy (non-hydrogen) atoms. The van der Waals surface area contributed by atoms with Gasteiger partial charge in [-0.15, -0.1) is 0 Å². The number of aromatic nitrogens is 2. The molecule has 1 aromatic heterocycles. The van der Waals surface area contributed by atoms with Crippen LogP contribution < -0.4 is 5.73 Å². The topological polar surface area (TPSA) is 43.8 Å². The van der Waals surface area contributed by atoms with Crippen LogP contribution in [0.3, 0.4) is 0 Å². The predicted molar refractivity (Wildman–Crippen MR) is 77.2 cm³/mol. The number of halogens is 2. The molecule has 0 fully saturated rings. The summed E-state index contributed by atoms with van der Waals surface area (Å²) in [6, 6.07) is 5.52. The van der Waals surface area contributed by atoms with Crippen LogP contribution in [0.5, 0.6) is 0 Å². The molecule has 5 heteroatoms. The lowest BCUT2D eigenvalue weighted by molar-refractivity contribution is 0.780. The molecule has 1 aromatic carbocycles. The zero-order chi connectivity index (χ0) is 13.4. The Morgan fingerprint density at radius 2 is 1.94 bits per heavy atom. The van der Waals surface area contributed by atoms with Gasteiger partial charge in [0.1, 0.15) is 5.82 Å². The number of nitrogens with two attached hydrogens (primary N) is 1. The molecule has 1 heterocycles. The molecule has 2 aromatic rings. The van der Waals surface area contributed by atoms with Crippen LogP contribution in [0.25, 0.3) is 11.3 Å². The minimum Gasteiger partial charge on any atom is -0.384 e. The molecule has 0 amide bonds. The molecule has 0 aliphatic carbocycles. The normalized spacial score (nSPS) is 11.2. The van der Waals surface area contributed by atoms with Gasteiger partial charge in [-0.05, 0) is 12.0 Å². The number of aryl methyl sites for hydroxylation is 1. The Hall–Kier alpha value is -1.19. The summed E-state index contributed by atoms with van der Waals surface area (Å²) in [7, 11) is 1.82. The Morgan fingerprint density at radius 1 is 1.28 bits per heavy atom. The van der Waals surface area contributed by atoms with Crippen molar-refractivity contribution in [1.29, 1.82) is 0 Å². The maximum atomic E-state index is 6.24. The van der Waals surface area contributed by atoms with E-state index < -0.39 is 0 Å². The number of hydrogen-bond donors (Lipinski definition) is 1. The van der Waals surface area contributed by atoms with Gasteiger partial charge in [-0.25, -0.2) is 0 Å². The van der Waals surface area contributed by atoms with Gasteiger partial charge in [-0.2, -0.15) is 5.10 Å². The monoisotopic (exact) mass is 283 g/mol. The van der Waals surface area contributed by atoms with E-state index in [-0.39, 0.29) is 5.92 Å². The SMILES string of the molecule is CC(C)c1c(-c2cccc(Cl)c2Cl)nn(C)c1N. The highest BCUT2D eigenvalue weighted by Crippen LogP contribution is 2.38. The number of benzene rings is 1. The minimum atomic E-state index is 0.267. The average Bonchev–Trinajstić information content (AvgIpc) is 2.59. The van der Waals surface area contributed by atoms with Gasteiger partial charge in [0, 0.05) is 18.2 Å². The molecule has 0 saturated carbocycles. The van der Waals surface area contributed by atoms with E-state index in [0.717, 1.165) is 16.8 Å². The van der Waals surface area contributed by atoms with Crippen molar-refractivity contribution in [2.45, 2.75) is 19.8 Å². The molecule has 3 nitrogen and oxygen atoms in total. The van der Waals surface area contributed by atoms with E-state index in [9.17, 15) is 0 Å². The van der Waals surface area contributed by atoms with E-state index in [2.05, 4.69) is 18.9 Å². The first-order valence-corrected chi connectivity index (χ1v) is 6.45. The third kappa shape index (κ3) is 2.08. The molecular formula is C13H15Cl2N3. The molecule has 0 aliphatic heterocycles. The largest absolute Gasteiger partial charge is 0.384 e. The second kappa shape index (κ2) is 4.82. The van der Waals surface area contributed by atoms with Crippen molar-refractivity contribution >= 4 is 29.0 Å². The zero-order valence-corrected chi connectivity index (χ0v) is 12.0. The summed E-state index contributed by atoms with van der Waals surface area (Å²) < 4.78 is 1.67. The van der Waals surface area contributed by atoms with Crippen molar-refractivity contribution in [3.8, 4) is 11.3 Å². The predicted octanol–water partition coefficient (Wildman–Crippen LogP) is 4.10. The molecule has 2 N–H and O–H groups in total. The first kappa shape index (κ1) is 13.2. The zero-order valence-electron chi connectivity index (χ0n) is 10.5. The van der Waals surface area contributed by atoms with Gasteiger partial charge in [0.05, 0.1) is 15.7 Å². The number of nitrogens with zero attached hydrogens (tertiary/aromatic N) is 2. The minimum absolute atomic E-state index is 0.267. The fraction of sp³-hybridized carbons (Fsp3) is 0.308. The molecule has 0 radical (unpaired) electrons. The summed E-state index contributed by atoms with van der Waals surface area (Å²) in [4.78, 5) is 0. The van der Waals surface area contributed by atoms with Crippen LogP contribution >= 0.6 is 23.2 Å². The Kier molecular flexibility index (Phi) is 3.55. The van der Waals surface area contributed by atoms with E-state index in [1.165, 1.54) is 0 Å². The van der Waals surface area contributed by atoms with E-state index in [4.69, 9.17) is 28.9 Å². The Balaban J connectivity index is 2.71. The highest BCUT2D eigenvalue weighted by atomic mass is 35.5. The van der Waals surface area contributed by atoms with Gasteiger partial charge >= 0.3 is 0 Å². The molecule has 0 spiro atoms. The molecule has 0 atom stereocenters. The van der Waals surface area contributed by atoms with E-state index in [1.54, 1.807) is 10.7 Å². The molecule has 0 unspecified atom stereocenters. The number of rotatable bonds is 2. The van der Waals surface area contributed by atoms with Gasteiger partial charge in [-0.1, -0.05) is 49.2 Å². The highest BCUT2D eigenvalue weighted by molar-refractivity contribution is 6.43. The maximum Gasteiger partial charge on any atom is 0.125 e. The Morgan fingerprint density at radius 3 is 2.56 bits per heavy atom. The van der Waals surface area contributed by atoms with Crippen molar-refractivity contribution in [3.63, 3.8) is 0 Å². The van der Waals surface area contributed by atoms with Crippen molar-refractivity contribution in [2.24, 2.45) is 7.05 Å². The fourth-order valence-electron chi connectivity index (χ4n) is 2.01. The van der Waals surface area contributed by atoms with Crippen LogP contribution in [-0.4, -0.2) is 9.78 Å². The second-order valence-electron chi connectivity index (χ2n) is 4.53. The van der Waals surface area contributed by atoms with Crippen LogP contribution in [0.4, 0.5) is 5.82 Å². The van der Waals surface area contributed by atoms with Crippen LogP contribution in [0.1, 0.15) is 25.3 Å². The standard InChI is InChI=1S/C13H15Cl2N3/c1-7(2)10-12(17-18(3)13(10)16)8-5-4-6-9(14)11(8)15/h4-7H,16H2,1-3H3. The first-order valence-electron chi connectivity index (χ1n) is 5.70. The van der Waals surface area contributed by atoms with Gasteiger partial charge in [0.25, 0.3) is 0 Å². The van der Waals surface area contributed by atoms with Crippen molar-refractivity contribution < 1.29 is 0 Å². The van der Waals surface area contributed by atoms with Crippen molar-refractivity contribution in [3.05, 3.63) is 33.8 Å². The molecule has 2 rings (SSSR count). The van der Waals surface area contributed by atoms with Gasteiger partial charge in [0.2, 0.25) is 0 Å². The third-order valence-corrected chi connectivity index (χ3v) is 3.73. The van der Waals surface area contributed by atoms with Crippen LogP contribution in [-0.2, 0) is 7.05 Å². The summed E-state index contributed by atoms with van der Waals surface area (Å²) in [6.07, 6.45) is 0. The van der Waals surface area contributed by atoms with Gasteiger partial charge in [0.15, 0.2) is 0 Å². The van der Waals surface area contributed by atoms with Crippen molar-refractivity contribution in [2.75, 3.05) is 5.73 Å². The Bertz CT molecular complexity index is 588. The lowest BCUT2D eigenvalue weighted by atomic mass is 9.98. The van der Waals surface area contributed by atoms with E-state index in [1.807, 2.05) is 19.2 Å². The van der Waals surface area contributed by atoms with E-state index in [0.29, 0.717) is 15.9 Å². The van der Waals surface area contributed by atoms with Crippen molar-refractivity contribution in [1.82, 2.24) is 9.78 Å². The summed E-state index contributed by atoms with van der Waals surface area (Å²) in [5.74, 6) is 0.930. The second-order valence-corrected chi connectivity index (χ2v) is 5.31. The van der Waals surface area contributed by atoms with E-state index >= 15 is 0 Å². The quantitative estimate of drug-likeness (QED) is 0.902. The van der Waals surface area contributed by atoms with Crippen LogP contribution in [0.15, 0.2) is 18.2 Å².